The monoisotopic (exact) mass is 425 g/mol. The predicted octanol–water partition coefficient (Wildman–Crippen LogP) is 5.17. The van der Waals surface area contributed by atoms with Crippen molar-refractivity contribution >= 4 is 44.4 Å². The SMILES string of the molecule is CCc1ccccc1NC(=S)Nc1ccc(S(=O)(=O)Nc2ccccc2C)cc1. The number of sulfonamides is 1. The molecule has 0 aliphatic heterocycles. The van der Waals surface area contributed by atoms with Crippen molar-refractivity contribution in [1.82, 2.24) is 0 Å². The molecule has 3 aromatic rings. The van der Waals surface area contributed by atoms with Crippen molar-refractivity contribution in [3.8, 4) is 0 Å². The van der Waals surface area contributed by atoms with Crippen molar-refractivity contribution in [2.75, 3.05) is 15.4 Å². The molecule has 0 aromatic heterocycles. The normalized spacial score (nSPS) is 11.0. The van der Waals surface area contributed by atoms with Gasteiger partial charge < -0.3 is 10.6 Å². The molecule has 5 nitrogen and oxygen atoms in total. The topological polar surface area (TPSA) is 70.2 Å². The maximum Gasteiger partial charge on any atom is 0.261 e. The molecule has 0 spiro atoms. The maximum atomic E-state index is 12.6. The van der Waals surface area contributed by atoms with Crippen LogP contribution < -0.4 is 15.4 Å². The zero-order valence-corrected chi connectivity index (χ0v) is 17.9. The summed E-state index contributed by atoms with van der Waals surface area (Å²) >= 11 is 5.38. The van der Waals surface area contributed by atoms with Crippen LogP contribution in [0.3, 0.4) is 0 Å². The molecule has 0 radical (unpaired) electrons. The Labute approximate surface area is 177 Å². The van der Waals surface area contributed by atoms with Gasteiger partial charge in [0, 0.05) is 11.4 Å². The highest BCUT2D eigenvalue weighted by Gasteiger charge is 2.15. The highest BCUT2D eigenvalue weighted by molar-refractivity contribution is 7.92. The van der Waals surface area contributed by atoms with E-state index in [0.29, 0.717) is 16.5 Å². The van der Waals surface area contributed by atoms with Crippen molar-refractivity contribution in [2.45, 2.75) is 25.2 Å². The fourth-order valence-corrected chi connectivity index (χ4v) is 4.20. The molecule has 0 bridgehead atoms. The number of hydrogen-bond donors (Lipinski definition) is 3. The lowest BCUT2D eigenvalue weighted by molar-refractivity contribution is 0.601. The van der Waals surface area contributed by atoms with Gasteiger partial charge in [-0.05, 0) is 73.1 Å². The number of nitrogens with one attached hydrogen (secondary N) is 3. The zero-order chi connectivity index (χ0) is 20.9. The summed E-state index contributed by atoms with van der Waals surface area (Å²) in [5.41, 5.74) is 4.24. The Hall–Kier alpha value is -2.90. The van der Waals surface area contributed by atoms with Crippen molar-refractivity contribution in [3.63, 3.8) is 0 Å². The summed E-state index contributed by atoms with van der Waals surface area (Å²) in [7, 11) is -3.66. The summed E-state index contributed by atoms with van der Waals surface area (Å²) in [5, 5.41) is 6.71. The minimum Gasteiger partial charge on any atom is -0.332 e. The molecule has 150 valence electrons. The third kappa shape index (κ3) is 5.34. The van der Waals surface area contributed by atoms with E-state index < -0.39 is 10.0 Å². The largest absolute Gasteiger partial charge is 0.332 e. The third-order valence-electron chi connectivity index (χ3n) is 4.46. The molecule has 0 aliphatic carbocycles. The Balaban J connectivity index is 1.68. The minimum atomic E-state index is -3.66. The predicted molar refractivity (Wildman–Crippen MR) is 124 cm³/mol. The van der Waals surface area contributed by atoms with E-state index in [1.165, 1.54) is 5.56 Å². The first-order valence-electron chi connectivity index (χ1n) is 9.23. The van der Waals surface area contributed by atoms with Gasteiger partial charge in [0.15, 0.2) is 5.11 Å². The van der Waals surface area contributed by atoms with Crippen LogP contribution in [0.5, 0.6) is 0 Å². The fraction of sp³-hybridized carbons (Fsp3) is 0.136. The molecule has 0 fully saturated rings. The molecule has 3 rings (SSSR count). The van der Waals surface area contributed by atoms with Crippen LogP contribution in [0.25, 0.3) is 0 Å². The number of anilines is 3. The molecule has 29 heavy (non-hydrogen) atoms. The molecule has 0 amide bonds. The van der Waals surface area contributed by atoms with Crippen LogP contribution in [-0.2, 0) is 16.4 Å². The first-order valence-corrected chi connectivity index (χ1v) is 11.1. The Bertz CT molecular complexity index is 1110. The standard InChI is InChI=1S/C22H23N3O2S2/c1-3-17-9-5-7-11-21(17)24-22(28)23-18-12-14-19(15-13-18)29(26,27)25-20-10-6-4-8-16(20)2/h4-15,25H,3H2,1-2H3,(H2,23,24,28). The van der Waals surface area contributed by atoms with E-state index >= 15 is 0 Å². The molecule has 7 heteroatoms. The van der Waals surface area contributed by atoms with Gasteiger partial charge in [-0.1, -0.05) is 43.3 Å². The molecule has 0 atom stereocenters. The van der Waals surface area contributed by atoms with Gasteiger partial charge in [-0.2, -0.15) is 0 Å². The Morgan fingerprint density at radius 1 is 0.862 bits per heavy atom. The van der Waals surface area contributed by atoms with Gasteiger partial charge >= 0.3 is 0 Å². The lowest BCUT2D eigenvalue weighted by Gasteiger charge is -2.14. The minimum absolute atomic E-state index is 0.182. The number of thiocarbonyl (C=S) groups is 1. The second kappa shape index (κ2) is 9.07. The lowest BCUT2D eigenvalue weighted by Crippen LogP contribution is -2.20. The van der Waals surface area contributed by atoms with Crippen molar-refractivity contribution in [1.29, 1.82) is 0 Å². The lowest BCUT2D eigenvalue weighted by atomic mass is 10.1. The molecule has 0 saturated heterocycles. The molecular formula is C22H23N3O2S2. The van der Waals surface area contributed by atoms with Crippen LogP contribution >= 0.6 is 12.2 Å². The molecule has 0 unspecified atom stereocenters. The van der Waals surface area contributed by atoms with Crippen LogP contribution in [-0.4, -0.2) is 13.5 Å². The van der Waals surface area contributed by atoms with Gasteiger partial charge in [0.05, 0.1) is 10.6 Å². The number of aryl methyl sites for hydroxylation is 2. The first kappa shape index (κ1) is 20.8. The molecule has 0 aliphatic rings. The summed E-state index contributed by atoms with van der Waals surface area (Å²) in [6, 6.07) is 21.7. The summed E-state index contributed by atoms with van der Waals surface area (Å²) in [6.07, 6.45) is 0.895. The van der Waals surface area contributed by atoms with Gasteiger partial charge in [-0.15, -0.1) is 0 Å². The highest BCUT2D eigenvalue weighted by atomic mass is 32.2. The Morgan fingerprint density at radius 2 is 1.48 bits per heavy atom. The molecule has 0 saturated carbocycles. The molecule has 0 heterocycles. The number of benzene rings is 3. The summed E-state index contributed by atoms with van der Waals surface area (Å²) < 4.78 is 27.9. The fourth-order valence-electron chi connectivity index (χ4n) is 2.84. The van der Waals surface area contributed by atoms with E-state index in [4.69, 9.17) is 12.2 Å². The van der Waals surface area contributed by atoms with Crippen molar-refractivity contribution < 1.29 is 8.42 Å². The van der Waals surface area contributed by atoms with E-state index in [0.717, 1.165) is 17.7 Å². The highest BCUT2D eigenvalue weighted by Crippen LogP contribution is 2.21. The summed E-state index contributed by atoms with van der Waals surface area (Å²) in [5.74, 6) is 0. The van der Waals surface area contributed by atoms with Crippen LogP contribution in [0.15, 0.2) is 77.7 Å². The molecular weight excluding hydrogens is 402 g/mol. The summed E-state index contributed by atoms with van der Waals surface area (Å²) in [4.78, 5) is 0.182. The van der Waals surface area contributed by atoms with E-state index in [-0.39, 0.29) is 4.90 Å². The first-order chi connectivity index (χ1) is 13.9. The maximum absolute atomic E-state index is 12.6. The van der Waals surface area contributed by atoms with Gasteiger partial charge in [0.1, 0.15) is 0 Å². The van der Waals surface area contributed by atoms with E-state index in [1.54, 1.807) is 36.4 Å². The van der Waals surface area contributed by atoms with Crippen LogP contribution in [0.2, 0.25) is 0 Å². The quantitative estimate of drug-likeness (QED) is 0.476. The van der Waals surface area contributed by atoms with E-state index in [1.807, 2.05) is 43.3 Å². The second-order valence-electron chi connectivity index (χ2n) is 6.53. The van der Waals surface area contributed by atoms with Crippen molar-refractivity contribution in [3.05, 3.63) is 83.9 Å². The number of para-hydroxylation sites is 2. The van der Waals surface area contributed by atoms with Crippen LogP contribution in [0, 0.1) is 6.92 Å². The smallest absolute Gasteiger partial charge is 0.261 e. The molecule has 3 N–H and O–H groups in total. The summed E-state index contributed by atoms with van der Waals surface area (Å²) in [6.45, 7) is 3.94. The number of hydrogen-bond acceptors (Lipinski definition) is 3. The van der Waals surface area contributed by atoms with Gasteiger partial charge in [0.25, 0.3) is 10.0 Å². The van der Waals surface area contributed by atoms with Crippen molar-refractivity contribution in [2.24, 2.45) is 0 Å². The zero-order valence-electron chi connectivity index (χ0n) is 16.3. The second-order valence-corrected chi connectivity index (χ2v) is 8.63. The average Bonchev–Trinajstić information content (AvgIpc) is 2.70. The van der Waals surface area contributed by atoms with Gasteiger partial charge in [-0.25, -0.2) is 8.42 Å². The van der Waals surface area contributed by atoms with E-state index in [9.17, 15) is 8.42 Å². The Kier molecular flexibility index (Phi) is 6.51. The van der Waals surface area contributed by atoms with Crippen LogP contribution in [0.4, 0.5) is 17.1 Å². The average molecular weight is 426 g/mol. The third-order valence-corrected chi connectivity index (χ3v) is 6.04. The van der Waals surface area contributed by atoms with Gasteiger partial charge in [0.2, 0.25) is 0 Å². The molecule has 3 aromatic carbocycles. The Morgan fingerprint density at radius 3 is 2.14 bits per heavy atom. The van der Waals surface area contributed by atoms with Crippen LogP contribution in [0.1, 0.15) is 18.1 Å². The van der Waals surface area contributed by atoms with E-state index in [2.05, 4.69) is 22.3 Å². The van der Waals surface area contributed by atoms with Gasteiger partial charge in [-0.3, -0.25) is 4.72 Å². The number of rotatable bonds is 6.